The molecule has 9 heteroatoms. The molecule has 0 saturated carbocycles. The van der Waals surface area contributed by atoms with Gasteiger partial charge in [-0.3, -0.25) is 9.69 Å². The number of carbonyl (C=O) groups excluding carboxylic acids is 1. The molecule has 1 fully saturated rings. The zero-order valence-corrected chi connectivity index (χ0v) is 18.2. The SMILES string of the molecule is Cc1ccc(C(=O)NC2CCN(Cc3nnc(-c4ccc(Cl)cc4Cl)o3)CC2)s1. The monoisotopic (exact) mass is 450 g/mol. The van der Waals surface area contributed by atoms with Gasteiger partial charge in [-0.25, -0.2) is 0 Å². The number of aryl methyl sites for hydroxylation is 1. The van der Waals surface area contributed by atoms with E-state index in [1.54, 1.807) is 18.2 Å². The summed E-state index contributed by atoms with van der Waals surface area (Å²) in [6.07, 6.45) is 1.78. The van der Waals surface area contributed by atoms with Crippen LogP contribution in [0.5, 0.6) is 0 Å². The zero-order chi connectivity index (χ0) is 20.4. The third-order valence-corrected chi connectivity index (χ3v) is 6.42. The van der Waals surface area contributed by atoms with E-state index < -0.39 is 0 Å². The minimum absolute atomic E-state index is 0.0166. The highest BCUT2D eigenvalue weighted by Crippen LogP contribution is 2.29. The summed E-state index contributed by atoms with van der Waals surface area (Å²) in [7, 11) is 0. The molecular formula is C20H20Cl2N4O2S. The van der Waals surface area contributed by atoms with Crippen LogP contribution in [0.2, 0.25) is 10.0 Å². The van der Waals surface area contributed by atoms with Crippen LogP contribution >= 0.6 is 34.5 Å². The summed E-state index contributed by atoms with van der Waals surface area (Å²) in [5.74, 6) is 0.945. The highest BCUT2D eigenvalue weighted by molar-refractivity contribution is 7.13. The lowest BCUT2D eigenvalue weighted by atomic mass is 10.0. The van der Waals surface area contributed by atoms with Gasteiger partial charge in [0.1, 0.15) is 0 Å². The first-order valence-electron chi connectivity index (χ1n) is 9.35. The van der Waals surface area contributed by atoms with Crippen molar-refractivity contribution in [1.29, 1.82) is 0 Å². The minimum Gasteiger partial charge on any atom is -0.419 e. The number of hydrogen-bond donors (Lipinski definition) is 1. The first-order valence-corrected chi connectivity index (χ1v) is 10.9. The second kappa shape index (κ2) is 8.83. The summed E-state index contributed by atoms with van der Waals surface area (Å²) < 4.78 is 5.78. The molecule has 1 N–H and O–H groups in total. The molecule has 1 aliphatic heterocycles. The molecule has 1 aliphatic rings. The van der Waals surface area contributed by atoms with Crippen molar-refractivity contribution < 1.29 is 9.21 Å². The molecular weight excluding hydrogens is 431 g/mol. The van der Waals surface area contributed by atoms with Crippen LogP contribution in [0.25, 0.3) is 11.5 Å². The van der Waals surface area contributed by atoms with Crippen LogP contribution in [0.4, 0.5) is 0 Å². The Hall–Kier alpha value is -1.93. The second-order valence-electron chi connectivity index (χ2n) is 7.06. The number of nitrogens with one attached hydrogen (secondary N) is 1. The van der Waals surface area contributed by atoms with Crippen LogP contribution in [0.15, 0.2) is 34.7 Å². The van der Waals surface area contributed by atoms with E-state index in [4.69, 9.17) is 27.6 Å². The topological polar surface area (TPSA) is 71.3 Å². The molecule has 3 aromatic rings. The summed E-state index contributed by atoms with van der Waals surface area (Å²) in [5, 5.41) is 12.4. The smallest absolute Gasteiger partial charge is 0.261 e. The van der Waals surface area contributed by atoms with E-state index >= 15 is 0 Å². The Bertz CT molecular complexity index is 1010. The predicted octanol–water partition coefficient (Wildman–Crippen LogP) is 4.81. The van der Waals surface area contributed by atoms with E-state index in [0.717, 1.165) is 35.7 Å². The van der Waals surface area contributed by atoms with Gasteiger partial charge in [-0.1, -0.05) is 23.2 Å². The number of carbonyl (C=O) groups is 1. The van der Waals surface area contributed by atoms with E-state index in [1.807, 2.05) is 19.1 Å². The fourth-order valence-corrected chi connectivity index (χ4v) is 4.59. The van der Waals surface area contributed by atoms with Crippen LogP contribution in [0.3, 0.4) is 0 Å². The summed E-state index contributed by atoms with van der Waals surface area (Å²) in [6.45, 7) is 4.29. The van der Waals surface area contributed by atoms with Gasteiger partial charge in [-0.05, 0) is 50.1 Å². The normalized spacial score (nSPS) is 15.6. The Morgan fingerprint density at radius 1 is 1.24 bits per heavy atom. The third-order valence-electron chi connectivity index (χ3n) is 4.87. The summed E-state index contributed by atoms with van der Waals surface area (Å²) in [6, 6.07) is 9.20. The maximum absolute atomic E-state index is 12.3. The zero-order valence-electron chi connectivity index (χ0n) is 15.8. The summed E-state index contributed by atoms with van der Waals surface area (Å²) in [5.41, 5.74) is 0.667. The molecule has 0 atom stereocenters. The Kier molecular flexibility index (Phi) is 6.20. The van der Waals surface area contributed by atoms with Crippen LogP contribution in [-0.4, -0.2) is 40.1 Å². The van der Waals surface area contributed by atoms with E-state index in [0.29, 0.717) is 33.9 Å². The molecule has 2 aromatic heterocycles. The van der Waals surface area contributed by atoms with Gasteiger partial charge < -0.3 is 9.73 Å². The van der Waals surface area contributed by atoms with Crippen molar-refractivity contribution >= 4 is 40.4 Å². The van der Waals surface area contributed by atoms with Crippen molar-refractivity contribution in [2.75, 3.05) is 13.1 Å². The number of piperidine rings is 1. The Balaban J connectivity index is 1.30. The van der Waals surface area contributed by atoms with Gasteiger partial charge in [-0.2, -0.15) is 0 Å². The third kappa shape index (κ3) is 4.98. The highest BCUT2D eigenvalue weighted by Gasteiger charge is 2.23. The maximum Gasteiger partial charge on any atom is 0.261 e. The molecule has 1 amide bonds. The van der Waals surface area contributed by atoms with Crippen molar-refractivity contribution in [2.45, 2.75) is 32.4 Å². The summed E-state index contributed by atoms with van der Waals surface area (Å²) in [4.78, 5) is 16.5. The quantitative estimate of drug-likeness (QED) is 0.603. The lowest BCUT2D eigenvalue weighted by Crippen LogP contribution is -2.44. The van der Waals surface area contributed by atoms with Crippen molar-refractivity contribution in [1.82, 2.24) is 20.4 Å². The number of rotatable bonds is 5. The second-order valence-corrected chi connectivity index (χ2v) is 9.19. The largest absolute Gasteiger partial charge is 0.419 e. The number of hydrogen-bond acceptors (Lipinski definition) is 6. The number of halogens is 2. The molecule has 0 spiro atoms. The number of amides is 1. The lowest BCUT2D eigenvalue weighted by Gasteiger charge is -2.31. The van der Waals surface area contributed by atoms with E-state index in [1.165, 1.54) is 11.3 Å². The summed E-state index contributed by atoms with van der Waals surface area (Å²) >= 11 is 13.7. The number of aromatic nitrogens is 2. The van der Waals surface area contributed by atoms with Gasteiger partial charge in [0.25, 0.3) is 5.91 Å². The number of benzene rings is 1. The first-order chi connectivity index (χ1) is 14.0. The van der Waals surface area contributed by atoms with Gasteiger partial charge >= 0.3 is 0 Å². The van der Waals surface area contributed by atoms with Crippen molar-refractivity contribution in [3.63, 3.8) is 0 Å². The van der Waals surface area contributed by atoms with Crippen molar-refractivity contribution in [2.24, 2.45) is 0 Å². The van der Waals surface area contributed by atoms with E-state index in [-0.39, 0.29) is 11.9 Å². The predicted molar refractivity (Wildman–Crippen MR) is 115 cm³/mol. The molecule has 0 bridgehead atoms. The van der Waals surface area contributed by atoms with Crippen LogP contribution in [0.1, 0.15) is 33.3 Å². The fraction of sp³-hybridized carbons (Fsp3) is 0.350. The molecule has 1 saturated heterocycles. The molecule has 3 heterocycles. The van der Waals surface area contributed by atoms with Crippen LogP contribution in [0, 0.1) is 6.92 Å². The maximum atomic E-state index is 12.3. The Labute approximate surface area is 182 Å². The molecule has 6 nitrogen and oxygen atoms in total. The highest BCUT2D eigenvalue weighted by atomic mass is 35.5. The first kappa shape index (κ1) is 20.3. The molecule has 29 heavy (non-hydrogen) atoms. The van der Waals surface area contributed by atoms with Crippen LogP contribution in [-0.2, 0) is 6.54 Å². The van der Waals surface area contributed by atoms with Gasteiger partial charge in [0.15, 0.2) is 0 Å². The molecule has 152 valence electrons. The number of likely N-dealkylation sites (tertiary alicyclic amines) is 1. The Morgan fingerprint density at radius 2 is 2.03 bits per heavy atom. The van der Waals surface area contributed by atoms with Gasteiger partial charge in [0, 0.05) is 29.0 Å². The molecule has 0 aliphatic carbocycles. The van der Waals surface area contributed by atoms with Crippen LogP contribution < -0.4 is 5.32 Å². The van der Waals surface area contributed by atoms with Gasteiger partial charge in [0.2, 0.25) is 11.8 Å². The average molecular weight is 451 g/mol. The minimum atomic E-state index is 0.0166. The average Bonchev–Trinajstić information content (AvgIpc) is 3.32. The lowest BCUT2D eigenvalue weighted by molar-refractivity contribution is 0.0909. The number of thiophene rings is 1. The van der Waals surface area contributed by atoms with E-state index in [2.05, 4.69) is 20.4 Å². The van der Waals surface area contributed by atoms with Gasteiger partial charge in [0.05, 0.1) is 22.0 Å². The van der Waals surface area contributed by atoms with E-state index in [9.17, 15) is 4.79 Å². The molecule has 4 rings (SSSR count). The fourth-order valence-electron chi connectivity index (χ4n) is 3.33. The molecule has 0 radical (unpaired) electrons. The molecule has 1 aromatic carbocycles. The molecule has 0 unspecified atom stereocenters. The Morgan fingerprint density at radius 3 is 2.72 bits per heavy atom. The van der Waals surface area contributed by atoms with Crippen molar-refractivity contribution in [3.05, 3.63) is 56.0 Å². The standard InChI is InChI=1S/C20H20Cl2N4O2S/c1-12-2-5-17(29-12)19(27)23-14-6-8-26(9-7-14)11-18-24-25-20(28-18)15-4-3-13(21)10-16(15)22/h2-5,10,14H,6-9,11H2,1H3,(H,23,27). The van der Waals surface area contributed by atoms with Gasteiger partial charge in [-0.15, -0.1) is 21.5 Å². The number of nitrogens with zero attached hydrogens (tertiary/aromatic N) is 3. The van der Waals surface area contributed by atoms with Crippen molar-refractivity contribution in [3.8, 4) is 11.5 Å².